The molecule has 1 heterocycles. The van der Waals surface area contributed by atoms with Gasteiger partial charge in [0.1, 0.15) is 11.4 Å². The van der Waals surface area contributed by atoms with E-state index in [0.717, 1.165) is 5.56 Å². The minimum atomic E-state index is -0.739. The van der Waals surface area contributed by atoms with Crippen molar-refractivity contribution in [1.82, 2.24) is 4.90 Å². The highest BCUT2D eigenvalue weighted by Gasteiger charge is 2.34. The van der Waals surface area contributed by atoms with E-state index < -0.39 is 17.8 Å². The molecule has 24 heavy (non-hydrogen) atoms. The van der Waals surface area contributed by atoms with Crippen molar-refractivity contribution in [1.29, 1.82) is 0 Å². The van der Waals surface area contributed by atoms with Gasteiger partial charge < -0.3 is 19.5 Å². The van der Waals surface area contributed by atoms with Crippen LogP contribution in [0, 0.1) is 0 Å². The lowest BCUT2D eigenvalue weighted by atomic mass is 9.86. The molecule has 0 saturated carbocycles. The molecular formula is C17H23Cl2NO4. The standard InChI is InChI=1S/C17H23Cl2NO4/c1-17(2,3)24-16(22)20-6-5-10(14(21)9-20)11-7-12(18)13(19)8-15(11)23-4/h7-8,10,14,21H,5-6,9H2,1-4H3. The number of hydrogen-bond acceptors (Lipinski definition) is 4. The molecule has 1 amide bonds. The Bertz CT molecular complexity index is 615. The van der Waals surface area contributed by atoms with Gasteiger partial charge in [0, 0.05) is 24.1 Å². The maximum absolute atomic E-state index is 12.2. The van der Waals surface area contributed by atoms with Crippen LogP contribution in [0.25, 0.3) is 0 Å². The van der Waals surface area contributed by atoms with Crippen molar-refractivity contribution >= 4 is 29.3 Å². The van der Waals surface area contributed by atoms with E-state index in [9.17, 15) is 9.90 Å². The van der Waals surface area contributed by atoms with E-state index in [1.165, 1.54) is 4.90 Å². The SMILES string of the molecule is COc1cc(Cl)c(Cl)cc1C1CCN(C(=O)OC(C)(C)C)CC1O. The second-order valence-corrected chi connectivity index (χ2v) is 7.71. The number of amides is 1. The second-order valence-electron chi connectivity index (χ2n) is 6.90. The van der Waals surface area contributed by atoms with Gasteiger partial charge in [-0.2, -0.15) is 0 Å². The zero-order chi connectivity index (χ0) is 18.1. The van der Waals surface area contributed by atoms with Gasteiger partial charge in [-0.05, 0) is 33.3 Å². The van der Waals surface area contributed by atoms with E-state index in [1.807, 2.05) is 20.8 Å². The summed E-state index contributed by atoms with van der Waals surface area (Å²) in [6, 6.07) is 3.37. The average molecular weight is 376 g/mol. The molecule has 1 aromatic rings. The van der Waals surface area contributed by atoms with Gasteiger partial charge in [0.2, 0.25) is 0 Å². The van der Waals surface area contributed by atoms with Crippen LogP contribution in [0.3, 0.4) is 0 Å². The Morgan fingerprint density at radius 1 is 1.29 bits per heavy atom. The van der Waals surface area contributed by atoms with Crippen molar-refractivity contribution in [2.24, 2.45) is 0 Å². The minimum Gasteiger partial charge on any atom is -0.496 e. The Balaban J connectivity index is 2.14. The number of ether oxygens (including phenoxy) is 2. The van der Waals surface area contributed by atoms with Crippen LogP contribution in [0.1, 0.15) is 38.7 Å². The normalized spacial score (nSPS) is 21.5. The maximum atomic E-state index is 12.2. The third-order valence-electron chi connectivity index (χ3n) is 3.91. The Labute approximate surface area is 152 Å². The fourth-order valence-corrected chi connectivity index (χ4v) is 3.12. The predicted octanol–water partition coefficient (Wildman–Crippen LogP) is 4.09. The molecule has 1 aromatic carbocycles. The molecule has 1 fully saturated rings. The van der Waals surface area contributed by atoms with Crippen LogP contribution in [0.4, 0.5) is 4.79 Å². The number of halogens is 2. The van der Waals surface area contributed by atoms with E-state index >= 15 is 0 Å². The van der Waals surface area contributed by atoms with Gasteiger partial charge in [0.25, 0.3) is 0 Å². The van der Waals surface area contributed by atoms with Crippen LogP contribution in [-0.4, -0.2) is 48.0 Å². The van der Waals surface area contributed by atoms with Crippen molar-refractivity contribution in [3.8, 4) is 5.75 Å². The topological polar surface area (TPSA) is 59.0 Å². The van der Waals surface area contributed by atoms with Crippen LogP contribution in [0.2, 0.25) is 10.0 Å². The molecule has 5 nitrogen and oxygen atoms in total. The molecule has 0 bridgehead atoms. The molecule has 134 valence electrons. The highest BCUT2D eigenvalue weighted by molar-refractivity contribution is 6.42. The number of carbonyl (C=O) groups excluding carboxylic acids is 1. The molecule has 1 saturated heterocycles. The fraction of sp³-hybridized carbons (Fsp3) is 0.588. The van der Waals surface area contributed by atoms with E-state index in [-0.39, 0.29) is 12.5 Å². The monoisotopic (exact) mass is 375 g/mol. The van der Waals surface area contributed by atoms with E-state index in [0.29, 0.717) is 28.8 Å². The molecule has 1 aliphatic rings. The Morgan fingerprint density at radius 3 is 2.46 bits per heavy atom. The number of likely N-dealkylation sites (tertiary alicyclic amines) is 1. The second kappa shape index (κ2) is 7.38. The molecule has 2 unspecified atom stereocenters. The summed E-state index contributed by atoms with van der Waals surface area (Å²) in [5.74, 6) is 0.396. The number of aliphatic hydroxyl groups excluding tert-OH is 1. The molecule has 2 rings (SSSR count). The van der Waals surface area contributed by atoms with Crippen molar-refractivity contribution in [3.05, 3.63) is 27.7 Å². The van der Waals surface area contributed by atoms with Crippen LogP contribution in [0.15, 0.2) is 12.1 Å². The van der Waals surface area contributed by atoms with Gasteiger partial charge in [-0.3, -0.25) is 0 Å². The number of benzene rings is 1. The zero-order valence-corrected chi connectivity index (χ0v) is 15.8. The third-order valence-corrected chi connectivity index (χ3v) is 4.63. The first kappa shape index (κ1) is 19.2. The third kappa shape index (κ3) is 4.47. The van der Waals surface area contributed by atoms with Crippen LogP contribution >= 0.6 is 23.2 Å². The summed E-state index contributed by atoms with van der Waals surface area (Å²) in [7, 11) is 1.55. The van der Waals surface area contributed by atoms with E-state index in [4.69, 9.17) is 32.7 Å². The largest absolute Gasteiger partial charge is 0.496 e. The van der Waals surface area contributed by atoms with Gasteiger partial charge in [0.15, 0.2) is 0 Å². The summed E-state index contributed by atoms with van der Waals surface area (Å²) in [6.45, 7) is 6.13. The van der Waals surface area contributed by atoms with E-state index in [1.54, 1.807) is 19.2 Å². The first-order chi connectivity index (χ1) is 11.1. The Hall–Kier alpha value is -1.17. The van der Waals surface area contributed by atoms with Gasteiger partial charge in [0.05, 0.1) is 29.8 Å². The summed E-state index contributed by atoms with van der Waals surface area (Å²) in [6.07, 6.45) is -0.576. The van der Waals surface area contributed by atoms with Crippen LogP contribution in [-0.2, 0) is 4.74 Å². The minimum absolute atomic E-state index is 0.187. The van der Waals surface area contributed by atoms with Crippen LogP contribution in [0.5, 0.6) is 5.75 Å². The highest BCUT2D eigenvalue weighted by Crippen LogP contribution is 2.39. The molecular weight excluding hydrogens is 353 g/mol. The number of hydrogen-bond donors (Lipinski definition) is 1. The lowest BCUT2D eigenvalue weighted by Crippen LogP contribution is -2.47. The van der Waals surface area contributed by atoms with Crippen molar-refractivity contribution in [3.63, 3.8) is 0 Å². The predicted molar refractivity (Wildman–Crippen MR) is 94.2 cm³/mol. The molecule has 0 aromatic heterocycles. The molecule has 7 heteroatoms. The lowest BCUT2D eigenvalue weighted by molar-refractivity contribution is -0.00169. The van der Waals surface area contributed by atoms with Crippen molar-refractivity contribution < 1.29 is 19.4 Å². The number of carbonyl (C=O) groups is 1. The molecule has 0 spiro atoms. The summed E-state index contributed by atoms with van der Waals surface area (Å²) in [4.78, 5) is 13.7. The Kier molecular flexibility index (Phi) is 5.89. The number of nitrogens with zero attached hydrogens (tertiary/aromatic N) is 1. The van der Waals surface area contributed by atoms with Gasteiger partial charge in [-0.1, -0.05) is 23.2 Å². The smallest absolute Gasteiger partial charge is 0.410 e. The number of rotatable bonds is 2. The van der Waals surface area contributed by atoms with Gasteiger partial charge in [-0.25, -0.2) is 4.79 Å². The Morgan fingerprint density at radius 2 is 1.92 bits per heavy atom. The molecule has 1 aliphatic heterocycles. The summed E-state index contributed by atoms with van der Waals surface area (Å²) in [5, 5.41) is 11.4. The quantitative estimate of drug-likeness (QED) is 0.845. The van der Waals surface area contributed by atoms with Crippen molar-refractivity contribution in [2.75, 3.05) is 20.2 Å². The van der Waals surface area contributed by atoms with Gasteiger partial charge in [-0.15, -0.1) is 0 Å². The molecule has 2 atom stereocenters. The number of methoxy groups -OCH3 is 1. The fourth-order valence-electron chi connectivity index (χ4n) is 2.80. The summed E-state index contributed by atoms with van der Waals surface area (Å²) < 4.78 is 10.7. The molecule has 0 aliphatic carbocycles. The van der Waals surface area contributed by atoms with Gasteiger partial charge >= 0.3 is 6.09 Å². The zero-order valence-electron chi connectivity index (χ0n) is 14.3. The first-order valence-electron chi connectivity index (χ1n) is 7.81. The maximum Gasteiger partial charge on any atom is 0.410 e. The number of β-amino-alcohol motifs (C(OH)–C–C–N with tert-alkyl or cyclic N) is 1. The number of piperidine rings is 1. The number of aliphatic hydroxyl groups is 1. The summed E-state index contributed by atoms with van der Waals surface area (Å²) >= 11 is 12.1. The highest BCUT2D eigenvalue weighted by atomic mass is 35.5. The van der Waals surface area contributed by atoms with Crippen molar-refractivity contribution in [2.45, 2.75) is 44.8 Å². The van der Waals surface area contributed by atoms with E-state index in [2.05, 4.69) is 0 Å². The van der Waals surface area contributed by atoms with Crippen LogP contribution < -0.4 is 4.74 Å². The lowest BCUT2D eigenvalue weighted by Gasteiger charge is -2.37. The first-order valence-corrected chi connectivity index (χ1v) is 8.57. The summed E-state index contributed by atoms with van der Waals surface area (Å²) in [5.41, 5.74) is 0.231. The molecule has 1 N–H and O–H groups in total. The molecule has 0 radical (unpaired) electrons. The average Bonchev–Trinajstić information content (AvgIpc) is 2.48.